The van der Waals surface area contributed by atoms with Crippen LogP contribution in [0, 0.1) is 17.6 Å². The van der Waals surface area contributed by atoms with Crippen molar-refractivity contribution in [1.29, 1.82) is 0 Å². The van der Waals surface area contributed by atoms with Gasteiger partial charge < -0.3 is 10.4 Å². The molecule has 0 aliphatic rings. The van der Waals surface area contributed by atoms with Crippen LogP contribution in [0.2, 0.25) is 0 Å². The predicted molar refractivity (Wildman–Crippen MR) is 76.5 cm³/mol. The number of rotatable bonds is 6. The highest BCUT2D eigenvalue weighted by Gasteiger charge is 2.28. The molecule has 0 aliphatic heterocycles. The molecule has 0 aromatic heterocycles. The highest BCUT2D eigenvalue weighted by molar-refractivity contribution is 7.98. The zero-order chi connectivity index (χ0) is 15.3. The molecule has 3 nitrogen and oxygen atoms in total. The van der Waals surface area contributed by atoms with E-state index in [-0.39, 0.29) is 23.9 Å². The second-order valence-corrected chi connectivity index (χ2v) is 5.88. The first-order valence-electron chi connectivity index (χ1n) is 6.22. The van der Waals surface area contributed by atoms with Gasteiger partial charge in [0.15, 0.2) is 0 Å². The number of hydrogen-bond acceptors (Lipinski definition) is 3. The van der Waals surface area contributed by atoms with Crippen molar-refractivity contribution < 1.29 is 18.7 Å². The van der Waals surface area contributed by atoms with Gasteiger partial charge in [-0.05, 0) is 19.2 Å². The van der Waals surface area contributed by atoms with Gasteiger partial charge in [0, 0.05) is 23.3 Å². The van der Waals surface area contributed by atoms with Gasteiger partial charge in [-0.1, -0.05) is 13.0 Å². The molecule has 1 aromatic carbocycles. The summed E-state index contributed by atoms with van der Waals surface area (Å²) >= 11 is 1.55. The zero-order valence-corrected chi connectivity index (χ0v) is 12.6. The van der Waals surface area contributed by atoms with Crippen molar-refractivity contribution >= 4 is 17.7 Å². The Balaban J connectivity index is 2.72. The van der Waals surface area contributed by atoms with Crippen molar-refractivity contribution in [3.63, 3.8) is 0 Å². The average molecular weight is 303 g/mol. The van der Waals surface area contributed by atoms with Gasteiger partial charge in [0.2, 0.25) is 5.91 Å². The number of carbonyl (C=O) groups is 1. The minimum atomic E-state index is -1.59. The molecule has 2 atom stereocenters. The molecule has 0 unspecified atom stereocenters. The van der Waals surface area contributed by atoms with Crippen LogP contribution in [0.4, 0.5) is 8.78 Å². The Morgan fingerprint density at radius 2 is 2.15 bits per heavy atom. The molecule has 0 bridgehead atoms. The van der Waals surface area contributed by atoms with Crippen LogP contribution in [0.5, 0.6) is 0 Å². The van der Waals surface area contributed by atoms with Gasteiger partial charge in [0.25, 0.3) is 0 Å². The molecule has 0 aliphatic carbocycles. The number of amides is 1. The lowest BCUT2D eigenvalue weighted by molar-refractivity contribution is -0.125. The van der Waals surface area contributed by atoms with E-state index >= 15 is 0 Å². The lowest BCUT2D eigenvalue weighted by Crippen LogP contribution is -2.41. The van der Waals surface area contributed by atoms with Crippen LogP contribution in [0.25, 0.3) is 0 Å². The summed E-state index contributed by atoms with van der Waals surface area (Å²) in [5, 5.41) is 12.8. The van der Waals surface area contributed by atoms with Crippen LogP contribution in [0.1, 0.15) is 19.4 Å². The molecule has 20 heavy (non-hydrogen) atoms. The van der Waals surface area contributed by atoms with Crippen molar-refractivity contribution in [3.05, 3.63) is 35.4 Å². The fourth-order valence-corrected chi connectivity index (χ4v) is 2.43. The molecule has 1 rings (SSSR count). The Labute approximate surface area is 121 Å². The van der Waals surface area contributed by atoms with E-state index in [9.17, 15) is 18.7 Å². The smallest absolute Gasteiger partial charge is 0.223 e. The molecule has 1 amide bonds. The first kappa shape index (κ1) is 16.9. The monoisotopic (exact) mass is 303 g/mol. The standard InChI is InChI=1S/C14H19F2NO2S/c1-9(7-20-3)13(18)17-8-14(2,19)11-5-4-10(15)6-12(11)16/h4-6,9,19H,7-8H2,1-3H3,(H,17,18)/t9-,14-/m0/s1. The number of nitrogens with one attached hydrogen (secondary N) is 1. The zero-order valence-electron chi connectivity index (χ0n) is 11.7. The minimum Gasteiger partial charge on any atom is -0.383 e. The van der Waals surface area contributed by atoms with Gasteiger partial charge in [0.1, 0.15) is 17.2 Å². The average Bonchev–Trinajstić information content (AvgIpc) is 2.35. The lowest BCUT2D eigenvalue weighted by Gasteiger charge is -2.25. The van der Waals surface area contributed by atoms with Crippen molar-refractivity contribution in [1.82, 2.24) is 5.32 Å². The van der Waals surface area contributed by atoms with Gasteiger partial charge in [-0.3, -0.25) is 4.79 Å². The van der Waals surface area contributed by atoms with E-state index in [0.29, 0.717) is 11.8 Å². The van der Waals surface area contributed by atoms with E-state index in [2.05, 4.69) is 5.32 Å². The quantitative estimate of drug-likeness (QED) is 0.848. The molecule has 0 fully saturated rings. The van der Waals surface area contributed by atoms with E-state index in [1.165, 1.54) is 13.0 Å². The van der Waals surface area contributed by atoms with Crippen molar-refractivity contribution in [2.24, 2.45) is 5.92 Å². The molecule has 112 valence electrons. The predicted octanol–water partition coefficient (Wildman–Crippen LogP) is 2.29. The van der Waals surface area contributed by atoms with Crippen LogP contribution in [-0.4, -0.2) is 29.6 Å². The highest BCUT2D eigenvalue weighted by atomic mass is 32.2. The molecule has 0 radical (unpaired) electrons. The SMILES string of the molecule is CSC[C@H](C)C(=O)NC[C@](C)(O)c1ccc(F)cc1F. The van der Waals surface area contributed by atoms with Gasteiger partial charge in [-0.25, -0.2) is 8.78 Å². The maximum absolute atomic E-state index is 13.6. The first-order chi connectivity index (χ1) is 9.27. The Morgan fingerprint density at radius 1 is 1.50 bits per heavy atom. The van der Waals surface area contributed by atoms with Crippen LogP contribution in [0.3, 0.4) is 0 Å². The number of carbonyl (C=O) groups excluding carboxylic acids is 1. The summed E-state index contributed by atoms with van der Waals surface area (Å²) in [5.74, 6) is -1.28. The molecular weight excluding hydrogens is 284 g/mol. The number of halogens is 2. The summed E-state index contributed by atoms with van der Waals surface area (Å²) < 4.78 is 26.5. The Morgan fingerprint density at radius 3 is 2.70 bits per heavy atom. The Kier molecular flexibility index (Phi) is 5.95. The molecule has 0 saturated carbocycles. The third-order valence-electron chi connectivity index (χ3n) is 2.98. The lowest BCUT2D eigenvalue weighted by atomic mass is 9.95. The van der Waals surface area contributed by atoms with Gasteiger partial charge in [-0.15, -0.1) is 0 Å². The second kappa shape index (κ2) is 7.04. The summed E-state index contributed by atoms with van der Waals surface area (Å²) in [4.78, 5) is 11.8. The summed E-state index contributed by atoms with van der Waals surface area (Å²) in [6.45, 7) is 3.02. The molecule has 2 N–H and O–H groups in total. The van der Waals surface area contributed by atoms with E-state index < -0.39 is 17.2 Å². The largest absolute Gasteiger partial charge is 0.383 e. The van der Waals surface area contributed by atoms with Gasteiger partial charge in [-0.2, -0.15) is 11.8 Å². The van der Waals surface area contributed by atoms with E-state index in [4.69, 9.17) is 0 Å². The molecular formula is C14H19F2NO2S. The molecule has 1 aromatic rings. The molecule has 0 spiro atoms. The van der Waals surface area contributed by atoms with Gasteiger partial charge in [0.05, 0.1) is 6.54 Å². The number of hydrogen-bond donors (Lipinski definition) is 2. The normalized spacial score (nSPS) is 15.5. The number of aliphatic hydroxyl groups is 1. The van der Waals surface area contributed by atoms with Crippen molar-refractivity contribution in [3.8, 4) is 0 Å². The second-order valence-electron chi connectivity index (χ2n) is 4.97. The van der Waals surface area contributed by atoms with E-state index in [0.717, 1.165) is 6.07 Å². The summed E-state index contributed by atoms with van der Waals surface area (Å²) in [5.41, 5.74) is -1.64. The van der Waals surface area contributed by atoms with Crippen LogP contribution >= 0.6 is 11.8 Å². The molecule has 0 saturated heterocycles. The maximum Gasteiger partial charge on any atom is 0.223 e. The van der Waals surface area contributed by atoms with Crippen molar-refractivity contribution in [2.75, 3.05) is 18.6 Å². The first-order valence-corrected chi connectivity index (χ1v) is 7.62. The highest BCUT2D eigenvalue weighted by Crippen LogP contribution is 2.23. The third kappa shape index (κ3) is 4.45. The Bertz CT molecular complexity index is 480. The van der Waals surface area contributed by atoms with E-state index in [1.54, 1.807) is 18.7 Å². The summed E-state index contributed by atoms with van der Waals surface area (Å²) in [7, 11) is 0. The third-order valence-corrected chi connectivity index (χ3v) is 3.82. The molecule has 0 heterocycles. The fourth-order valence-electron chi connectivity index (χ4n) is 1.78. The van der Waals surface area contributed by atoms with Crippen molar-refractivity contribution in [2.45, 2.75) is 19.4 Å². The molecule has 6 heteroatoms. The number of thioether (sulfide) groups is 1. The number of benzene rings is 1. The fraction of sp³-hybridized carbons (Fsp3) is 0.500. The Hall–Kier alpha value is -1.14. The van der Waals surface area contributed by atoms with Gasteiger partial charge >= 0.3 is 0 Å². The topological polar surface area (TPSA) is 49.3 Å². The van der Waals surface area contributed by atoms with Crippen LogP contribution in [-0.2, 0) is 10.4 Å². The van der Waals surface area contributed by atoms with E-state index in [1.807, 2.05) is 6.26 Å². The summed E-state index contributed by atoms with van der Waals surface area (Å²) in [6.07, 6.45) is 1.90. The maximum atomic E-state index is 13.6. The van der Waals surface area contributed by atoms with Crippen LogP contribution < -0.4 is 5.32 Å². The van der Waals surface area contributed by atoms with Crippen LogP contribution in [0.15, 0.2) is 18.2 Å². The summed E-state index contributed by atoms with van der Waals surface area (Å²) in [6, 6.07) is 2.97. The minimum absolute atomic E-state index is 0.0447.